The van der Waals surface area contributed by atoms with E-state index >= 15 is 0 Å². The Bertz CT molecular complexity index is 1160. The summed E-state index contributed by atoms with van der Waals surface area (Å²) in [5, 5.41) is 2.18. The predicted molar refractivity (Wildman–Crippen MR) is 141 cm³/mol. The van der Waals surface area contributed by atoms with Gasteiger partial charge in [-0.3, -0.25) is 5.43 Å². The van der Waals surface area contributed by atoms with E-state index in [4.69, 9.17) is 4.74 Å². The van der Waals surface area contributed by atoms with Gasteiger partial charge in [-0.05, 0) is 54.9 Å². The summed E-state index contributed by atoms with van der Waals surface area (Å²) in [7, 11) is 3.93. The summed E-state index contributed by atoms with van der Waals surface area (Å²) in [6, 6.07) is 23.6. The zero-order chi connectivity index (χ0) is 22.8. The minimum absolute atomic E-state index is 0.924. The quantitative estimate of drug-likeness (QED) is 0.516. The second-order valence-corrected chi connectivity index (χ2v) is 9.40. The van der Waals surface area contributed by atoms with Gasteiger partial charge in [0.05, 0.1) is 24.2 Å². The minimum atomic E-state index is 0.924. The Morgan fingerprint density at radius 1 is 0.879 bits per heavy atom. The van der Waals surface area contributed by atoms with Crippen LogP contribution in [-0.2, 0) is 0 Å². The number of aryl methyl sites for hydroxylation is 1. The van der Waals surface area contributed by atoms with Crippen molar-refractivity contribution >= 4 is 29.0 Å². The summed E-state index contributed by atoms with van der Waals surface area (Å²) in [6.07, 6.45) is 0. The molecule has 0 amide bonds. The third-order valence-corrected chi connectivity index (χ3v) is 7.22. The van der Waals surface area contributed by atoms with Crippen molar-refractivity contribution in [3.8, 4) is 16.9 Å². The first kappa shape index (κ1) is 21.7. The average molecular weight is 459 g/mol. The molecular formula is C27H30N4OS. The van der Waals surface area contributed by atoms with Gasteiger partial charge in [0.15, 0.2) is 0 Å². The van der Waals surface area contributed by atoms with Gasteiger partial charge >= 0.3 is 0 Å². The lowest BCUT2D eigenvalue weighted by Gasteiger charge is -2.35. The van der Waals surface area contributed by atoms with Crippen LogP contribution in [0, 0.1) is 6.92 Å². The van der Waals surface area contributed by atoms with E-state index < -0.39 is 0 Å². The number of anilines is 2. The Morgan fingerprint density at radius 3 is 2.39 bits per heavy atom. The molecule has 6 heteroatoms. The van der Waals surface area contributed by atoms with E-state index in [1.807, 2.05) is 0 Å². The summed E-state index contributed by atoms with van der Waals surface area (Å²) in [5.74, 6) is 0.924. The number of nitrogens with one attached hydrogen (secondary N) is 1. The van der Waals surface area contributed by atoms with Crippen molar-refractivity contribution in [2.75, 3.05) is 49.7 Å². The molecule has 2 aliphatic rings. The van der Waals surface area contributed by atoms with Crippen molar-refractivity contribution in [2.45, 2.75) is 6.92 Å². The summed E-state index contributed by atoms with van der Waals surface area (Å²) >= 11 is 1.67. The molecule has 0 saturated carbocycles. The van der Waals surface area contributed by atoms with Crippen molar-refractivity contribution in [1.29, 1.82) is 0 Å². The molecule has 5 rings (SSSR count). The lowest BCUT2D eigenvalue weighted by atomic mass is 9.98. The summed E-state index contributed by atoms with van der Waals surface area (Å²) < 4.78 is 7.80. The van der Waals surface area contributed by atoms with E-state index in [1.54, 1.807) is 19.1 Å². The Hall–Kier alpha value is -3.09. The first-order valence-electron chi connectivity index (χ1n) is 11.3. The highest BCUT2D eigenvalue weighted by molar-refractivity contribution is 8.03. The third kappa shape index (κ3) is 4.54. The number of likely N-dealkylation sites (N-methyl/N-ethyl adjacent to an activating group) is 1. The van der Waals surface area contributed by atoms with Gasteiger partial charge in [-0.1, -0.05) is 42.5 Å². The van der Waals surface area contributed by atoms with Gasteiger partial charge in [-0.25, -0.2) is 4.41 Å². The second-order valence-electron chi connectivity index (χ2n) is 8.59. The molecule has 33 heavy (non-hydrogen) atoms. The average Bonchev–Trinajstić information content (AvgIpc) is 3.35. The monoisotopic (exact) mass is 458 g/mol. The van der Waals surface area contributed by atoms with E-state index in [9.17, 15) is 0 Å². The fourth-order valence-corrected chi connectivity index (χ4v) is 5.18. The molecule has 3 aromatic rings. The van der Waals surface area contributed by atoms with Crippen molar-refractivity contribution in [2.24, 2.45) is 0 Å². The first-order valence-corrected chi connectivity index (χ1v) is 12.2. The molecule has 1 saturated heterocycles. The number of benzene rings is 3. The van der Waals surface area contributed by atoms with Crippen molar-refractivity contribution in [3.63, 3.8) is 0 Å². The standard InChI is InChI=1S/C27H30N4OS/c1-20-17-22(9-11-24(20)21-7-5-4-6-8-21)25-19-33-31(28-25)23-10-12-27(32-3)26(18-23)30-15-13-29(2)14-16-30/h4-12,17-19,28H,13-16H2,1-3H3. The maximum atomic E-state index is 5.68. The number of hydrogen-bond donors (Lipinski definition) is 1. The molecule has 170 valence electrons. The SMILES string of the molecule is COc1ccc(N2NC(c3ccc(-c4ccccc4)c(C)c3)=CS2)cc1N1CCN(C)CC1. The summed E-state index contributed by atoms with van der Waals surface area (Å²) in [4.78, 5) is 4.79. The van der Waals surface area contributed by atoms with Gasteiger partial charge in [0, 0.05) is 49.1 Å². The van der Waals surface area contributed by atoms with E-state index in [-0.39, 0.29) is 0 Å². The van der Waals surface area contributed by atoms with Gasteiger partial charge in [-0.2, -0.15) is 0 Å². The van der Waals surface area contributed by atoms with Crippen molar-refractivity contribution in [1.82, 2.24) is 10.3 Å². The maximum Gasteiger partial charge on any atom is 0.142 e. The van der Waals surface area contributed by atoms with E-state index in [0.29, 0.717) is 0 Å². The number of nitrogens with zero attached hydrogens (tertiary/aromatic N) is 3. The molecule has 0 bridgehead atoms. The van der Waals surface area contributed by atoms with Crippen molar-refractivity contribution in [3.05, 3.63) is 83.3 Å². The number of hydrazine groups is 1. The molecule has 0 aliphatic carbocycles. The van der Waals surface area contributed by atoms with Crippen LogP contribution in [0.5, 0.6) is 5.75 Å². The van der Waals surface area contributed by atoms with Crippen LogP contribution in [0.3, 0.4) is 0 Å². The Morgan fingerprint density at radius 2 is 1.67 bits per heavy atom. The third-order valence-electron chi connectivity index (χ3n) is 6.36. The highest BCUT2D eigenvalue weighted by Gasteiger charge is 2.22. The lowest BCUT2D eigenvalue weighted by molar-refractivity contribution is 0.311. The molecule has 1 N–H and O–H groups in total. The first-order chi connectivity index (χ1) is 16.1. The lowest BCUT2D eigenvalue weighted by Crippen LogP contribution is -2.44. The second kappa shape index (κ2) is 9.41. The van der Waals surface area contributed by atoms with Crippen molar-refractivity contribution < 1.29 is 4.74 Å². The van der Waals surface area contributed by atoms with Crippen LogP contribution >= 0.6 is 11.9 Å². The summed E-state index contributed by atoms with van der Waals surface area (Å²) in [5.41, 5.74) is 11.9. The van der Waals surface area contributed by atoms with Gasteiger partial charge in [0.25, 0.3) is 0 Å². The molecule has 0 radical (unpaired) electrons. The zero-order valence-electron chi connectivity index (χ0n) is 19.4. The van der Waals surface area contributed by atoms with Gasteiger partial charge in [-0.15, -0.1) is 0 Å². The molecule has 2 aliphatic heterocycles. The molecule has 0 spiro atoms. The predicted octanol–water partition coefficient (Wildman–Crippen LogP) is 5.39. The van der Waals surface area contributed by atoms with Gasteiger partial charge < -0.3 is 14.5 Å². The van der Waals surface area contributed by atoms with E-state index in [2.05, 4.69) is 106 Å². The fraction of sp³-hybridized carbons (Fsp3) is 0.259. The molecule has 2 heterocycles. The molecular weight excluding hydrogens is 428 g/mol. The Labute approximate surface area is 200 Å². The van der Waals surface area contributed by atoms with Crippen LogP contribution in [0.25, 0.3) is 16.8 Å². The van der Waals surface area contributed by atoms with Gasteiger partial charge in [0.1, 0.15) is 5.75 Å². The molecule has 0 atom stereocenters. The number of ether oxygens (including phenoxy) is 1. The fourth-order valence-electron chi connectivity index (χ4n) is 4.40. The molecule has 3 aromatic carbocycles. The number of methoxy groups -OCH3 is 1. The Kier molecular flexibility index (Phi) is 6.20. The number of piperazine rings is 1. The van der Waals surface area contributed by atoms with Crippen LogP contribution in [0.15, 0.2) is 72.1 Å². The molecule has 5 nitrogen and oxygen atoms in total. The van der Waals surface area contributed by atoms with Crippen LogP contribution in [0.1, 0.15) is 11.1 Å². The molecule has 0 aromatic heterocycles. The van der Waals surface area contributed by atoms with E-state index in [1.165, 1.54) is 22.3 Å². The molecule has 0 unspecified atom stereocenters. The zero-order valence-corrected chi connectivity index (χ0v) is 20.2. The minimum Gasteiger partial charge on any atom is -0.495 e. The highest BCUT2D eigenvalue weighted by Crippen LogP contribution is 2.38. The van der Waals surface area contributed by atoms with Crippen LogP contribution in [0.2, 0.25) is 0 Å². The normalized spacial score (nSPS) is 16.5. The number of rotatable bonds is 5. The largest absolute Gasteiger partial charge is 0.495 e. The molecule has 1 fully saturated rings. The highest BCUT2D eigenvalue weighted by atomic mass is 32.2. The topological polar surface area (TPSA) is 31.0 Å². The van der Waals surface area contributed by atoms with Crippen LogP contribution in [-0.4, -0.2) is 45.2 Å². The smallest absolute Gasteiger partial charge is 0.142 e. The van der Waals surface area contributed by atoms with E-state index in [0.717, 1.165) is 49.0 Å². The summed E-state index contributed by atoms with van der Waals surface area (Å²) in [6.45, 7) is 6.32. The van der Waals surface area contributed by atoms with Crippen LogP contribution < -0.4 is 19.5 Å². The van der Waals surface area contributed by atoms with Crippen LogP contribution in [0.4, 0.5) is 11.4 Å². The van der Waals surface area contributed by atoms with Gasteiger partial charge in [0.2, 0.25) is 0 Å². The number of hydrogen-bond acceptors (Lipinski definition) is 6. The maximum absolute atomic E-state index is 5.68. The Balaban J connectivity index is 1.34.